The van der Waals surface area contributed by atoms with E-state index in [9.17, 15) is 0 Å². The quantitative estimate of drug-likeness (QED) is 0.172. The van der Waals surface area contributed by atoms with Crippen molar-refractivity contribution < 1.29 is 0 Å². The number of hydrogen-bond donors (Lipinski definition) is 0. The molecule has 6 aromatic carbocycles. The van der Waals surface area contributed by atoms with E-state index < -0.39 is 0 Å². The second-order valence-electron chi connectivity index (χ2n) is 17.3. The fourth-order valence-corrected chi connectivity index (χ4v) is 9.90. The first kappa shape index (κ1) is 30.1. The highest BCUT2D eigenvalue weighted by Crippen LogP contribution is 2.49. The van der Waals surface area contributed by atoms with Gasteiger partial charge in [-0.1, -0.05) is 95.3 Å². The minimum atomic E-state index is 0.0274. The van der Waals surface area contributed by atoms with E-state index in [0.29, 0.717) is 0 Å². The second kappa shape index (κ2) is 10.4. The molecule has 0 spiro atoms. The van der Waals surface area contributed by atoms with Crippen molar-refractivity contribution in [1.29, 1.82) is 0 Å². The van der Waals surface area contributed by atoms with E-state index in [0.717, 1.165) is 25.7 Å². The molecule has 0 atom stereocenters. The number of rotatable bonds is 2. The van der Waals surface area contributed by atoms with Crippen LogP contribution in [-0.2, 0) is 31.1 Å². The Hall–Kier alpha value is -4.76. The zero-order chi connectivity index (χ0) is 34.1. The monoisotopic (exact) mass is 648 g/mol. The summed E-state index contributed by atoms with van der Waals surface area (Å²) in [5.74, 6) is 0. The average Bonchev–Trinajstić information content (AvgIpc) is 3.40. The van der Waals surface area contributed by atoms with E-state index in [1.54, 1.807) is 0 Å². The zero-order valence-electron chi connectivity index (χ0n) is 30.3. The third-order valence-electron chi connectivity index (χ3n) is 12.1. The molecular weight excluding hydrogens is 603 g/mol. The highest BCUT2D eigenvalue weighted by molar-refractivity contribution is 7.00. The van der Waals surface area contributed by atoms with Gasteiger partial charge in [0, 0.05) is 33.8 Å². The third kappa shape index (κ3) is 4.35. The maximum absolute atomic E-state index is 2.65. The summed E-state index contributed by atoms with van der Waals surface area (Å²) in [6.07, 6.45) is 5.80. The van der Waals surface area contributed by atoms with Crippen molar-refractivity contribution in [2.24, 2.45) is 5.41 Å². The van der Waals surface area contributed by atoms with Gasteiger partial charge in [0.2, 0.25) is 0 Å². The molecule has 2 aliphatic heterocycles. The molecule has 2 heterocycles. The maximum Gasteiger partial charge on any atom is 0.252 e. The van der Waals surface area contributed by atoms with Gasteiger partial charge in [-0.3, -0.25) is 0 Å². The molecule has 50 heavy (non-hydrogen) atoms. The number of hydrogen-bond acceptors (Lipinski definition) is 2. The Morgan fingerprint density at radius 2 is 1.30 bits per heavy atom. The van der Waals surface area contributed by atoms with E-state index in [2.05, 4.69) is 154 Å². The van der Waals surface area contributed by atoms with Crippen LogP contribution in [-0.4, -0.2) is 6.71 Å². The van der Waals surface area contributed by atoms with Crippen molar-refractivity contribution in [3.05, 3.63) is 137 Å². The van der Waals surface area contributed by atoms with E-state index in [-0.39, 0.29) is 17.5 Å². The van der Waals surface area contributed by atoms with Gasteiger partial charge in [0.15, 0.2) is 0 Å². The second-order valence-corrected chi connectivity index (χ2v) is 17.3. The van der Waals surface area contributed by atoms with Crippen molar-refractivity contribution in [3.8, 4) is 0 Å². The topological polar surface area (TPSA) is 6.48 Å². The maximum atomic E-state index is 2.65. The van der Waals surface area contributed by atoms with Crippen molar-refractivity contribution in [2.45, 2.75) is 79.1 Å². The van der Waals surface area contributed by atoms with Crippen LogP contribution in [0.3, 0.4) is 0 Å². The predicted molar refractivity (Wildman–Crippen MR) is 215 cm³/mol. The summed E-state index contributed by atoms with van der Waals surface area (Å²) in [4.78, 5) is 5.22. The highest BCUT2D eigenvalue weighted by Gasteiger charge is 2.45. The Bertz CT molecular complexity index is 2390. The summed E-state index contributed by atoms with van der Waals surface area (Å²) in [6, 6.07) is 40.4. The van der Waals surface area contributed by atoms with Gasteiger partial charge < -0.3 is 9.80 Å². The molecule has 0 saturated carbocycles. The molecule has 10 rings (SSSR count). The number of benzene rings is 6. The number of fused-ring (bicyclic) bond motifs is 5. The van der Waals surface area contributed by atoms with Gasteiger partial charge in [0.05, 0.1) is 5.69 Å². The van der Waals surface area contributed by atoms with Crippen molar-refractivity contribution in [1.82, 2.24) is 0 Å². The molecule has 0 bridgehead atoms. The lowest BCUT2D eigenvalue weighted by Gasteiger charge is -2.45. The summed E-state index contributed by atoms with van der Waals surface area (Å²) < 4.78 is 0. The molecule has 0 saturated heterocycles. The Balaban J connectivity index is 1.32. The lowest BCUT2D eigenvalue weighted by atomic mass is 9.33. The van der Waals surface area contributed by atoms with Crippen LogP contribution in [0.1, 0.15) is 74.4 Å². The SMILES string of the molecule is Cc1cc2c3c(c1)N(c1ccc4c5c(cccc15)CCC4)c1cc(C(C)(C)C)ccc1B3c1cc3c(cc1N2c1ccccc1)CC(C)(C)C3. The van der Waals surface area contributed by atoms with Gasteiger partial charge in [-0.25, -0.2) is 0 Å². The summed E-state index contributed by atoms with van der Waals surface area (Å²) in [5.41, 5.74) is 21.0. The molecule has 0 unspecified atom stereocenters. The van der Waals surface area contributed by atoms with Gasteiger partial charge in [-0.05, 0) is 147 Å². The van der Waals surface area contributed by atoms with Crippen molar-refractivity contribution >= 4 is 68.0 Å². The van der Waals surface area contributed by atoms with Crippen LogP contribution in [0.2, 0.25) is 0 Å². The Morgan fingerprint density at radius 1 is 0.600 bits per heavy atom. The fourth-order valence-electron chi connectivity index (χ4n) is 9.90. The van der Waals surface area contributed by atoms with E-state index in [4.69, 9.17) is 0 Å². The molecular formula is C47H45BN2. The number of aryl methyl sites for hydroxylation is 3. The third-order valence-corrected chi connectivity index (χ3v) is 12.1. The van der Waals surface area contributed by atoms with E-state index in [1.807, 2.05) is 0 Å². The fraction of sp³-hybridized carbons (Fsp3) is 0.277. The van der Waals surface area contributed by atoms with Crippen LogP contribution >= 0.6 is 0 Å². The first-order valence-corrected chi connectivity index (χ1v) is 18.7. The van der Waals surface area contributed by atoms with Crippen LogP contribution in [0.5, 0.6) is 0 Å². The van der Waals surface area contributed by atoms with Crippen molar-refractivity contribution in [2.75, 3.05) is 9.80 Å². The van der Waals surface area contributed by atoms with Crippen molar-refractivity contribution in [3.63, 3.8) is 0 Å². The van der Waals surface area contributed by atoms with Crippen LogP contribution in [0, 0.1) is 12.3 Å². The first-order chi connectivity index (χ1) is 24.1. The first-order valence-electron chi connectivity index (χ1n) is 18.7. The molecule has 6 aromatic rings. The standard InChI is InChI=1S/C47H45BN2/c1-29-22-42-45-43(23-29)50(39-21-18-31-13-10-12-30-14-11-17-36(39)44(30)31)41-26-34(46(2,3)4)19-20-37(41)48(45)38-24-32-27-47(5,6)28-33(32)25-40(38)49(42)35-15-8-7-9-16-35/h7-9,11,14-26H,10,12-13,27-28H2,1-6H3. The predicted octanol–water partition coefficient (Wildman–Crippen LogP) is 10.1. The van der Waals surface area contributed by atoms with Gasteiger partial charge in [-0.2, -0.15) is 0 Å². The van der Waals surface area contributed by atoms with Crippen LogP contribution < -0.4 is 26.2 Å². The van der Waals surface area contributed by atoms with Crippen LogP contribution in [0.15, 0.2) is 103 Å². The molecule has 0 radical (unpaired) electrons. The smallest absolute Gasteiger partial charge is 0.252 e. The van der Waals surface area contributed by atoms with E-state index in [1.165, 1.54) is 101 Å². The lowest BCUT2D eigenvalue weighted by molar-refractivity contribution is 0.392. The Morgan fingerprint density at radius 3 is 2.06 bits per heavy atom. The number of nitrogens with zero attached hydrogens (tertiary/aromatic N) is 2. The summed E-state index contributed by atoms with van der Waals surface area (Å²) >= 11 is 0. The summed E-state index contributed by atoms with van der Waals surface area (Å²) in [7, 11) is 0. The summed E-state index contributed by atoms with van der Waals surface area (Å²) in [6.45, 7) is 14.3. The molecule has 2 aliphatic carbocycles. The molecule has 0 fully saturated rings. The number of anilines is 6. The average molecular weight is 649 g/mol. The Labute approximate surface area is 297 Å². The Kier molecular flexibility index (Phi) is 6.25. The molecule has 246 valence electrons. The molecule has 2 nitrogen and oxygen atoms in total. The largest absolute Gasteiger partial charge is 0.311 e. The highest BCUT2D eigenvalue weighted by atomic mass is 15.2. The lowest BCUT2D eigenvalue weighted by Crippen LogP contribution is -2.61. The normalized spacial score (nSPS) is 16.6. The van der Waals surface area contributed by atoms with Gasteiger partial charge in [0.1, 0.15) is 0 Å². The number of para-hydroxylation sites is 1. The molecule has 3 heteroatoms. The molecule has 0 amide bonds. The van der Waals surface area contributed by atoms with Gasteiger partial charge in [-0.15, -0.1) is 0 Å². The van der Waals surface area contributed by atoms with Crippen LogP contribution in [0.25, 0.3) is 10.8 Å². The molecule has 0 aromatic heterocycles. The molecule has 0 N–H and O–H groups in total. The zero-order valence-corrected chi connectivity index (χ0v) is 30.3. The van der Waals surface area contributed by atoms with Gasteiger partial charge in [0.25, 0.3) is 6.71 Å². The van der Waals surface area contributed by atoms with E-state index >= 15 is 0 Å². The van der Waals surface area contributed by atoms with Gasteiger partial charge >= 0.3 is 0 Å². The molecule has 4 aliphatic rings. The minimum Gasteiger partial charge on any atom is -0.311 e. The minimum absolute atomic E-state index is 0.0274. The van der Waals surface area contributed by atoms with Crippen LogP contribution in [0.4, 0.5) is 34.1 Å². The summed E-state index contributed by atoms with van der Waals surface area (Å²) in [5, 5.41) is 2.85.